The van der Waals surface area contributed by atoms with Crippen molar-refractivity contribution >= 4 is 12.1 Å². The van der Waals surface area contributed by atoms with Gasteiger partial charge < -0.3 is 14.7 Å². The minimum Gasteiger partial charge on any atom is -0.478 e. The zero-order valence-corrected chi connectivity index (χ0v) is 8.85. The third-order valence-electron chi connectivity index (χ3n) is 2.48. The highest BCUT2D eigenvalue weighted by Gasteiger charge is 2.22. The summed E-state index contributed by atoms with van der Waals surface area (Å²) in [5.41, 5.74) is 0.157. The van der Waals surface area contributed by atoms with Gasteiger partial charge in [0.15, 0.2) is 0 Å². The standard InChI is InChI=1S/C11H10FNO4/c12-9-5-7(1-2-8(9)10(14)15)6-13-3-4-17-11(13)16/h1-2,5H,3-4,6H2,(H,14,15). The van der Waals surface area contributed by atoms with Crippen LogP contribution in [0.4, 0.5) is 9.18 Å². The Bertz CT molecular complexity index is 475. The number of halogens is 1. The zero-order valence-electron chi connectivity index (χ0n) is 8.85. The number of benzene rings is 1. The first-order valence-electron chi connectivity index (χ1n) is 5.01. The highest BCUT2D eigenvalue weighted by molar-refractivity contribution is 5.87. The number of carboxylic acids is 1. The number of rotatable bonds is 3. The number of carbonyl (C=O) groups excluding carboxylic acids is 1. The molecule has 0 unspecified atom stereocenters. The third kappa shape index (κ3) is 2.35. The molecule has 0 spiro atoms. The highest BCUT2D eigenvalue weighted by Crippen LogP contribution is 2.14. The largest absolute Gasteiger partial charge is 0.478 e. The van der Waals surface area contributed by atoms with Gasteiger partial charge in [0.25, 0.3) is 0 Å². The SMILES string of the molecule is O=C(O)c1ccc(CN2CCOC2=O)cc1F. The number of aromatic carboxylic acids is 1. The van der Waals surface area contributed by atoms with Gasteiger partial charge in [0.2, 0.25) is 0 Å². The van der Waals surface area contributed by atoms with E-state index in [2.05, 4.69) is 0 Å². The quantitative estimate of drug-likeness (QED) is 0.867. The average Bonchev–Trinajstić information content (AvgIpc) is 2.64. The molecular weight excluding hydrogens is 229 g/mol. The summed E-state index contributed by atoms with van der Waals surface area (Å²) < 4.78 is 18.1. The highest BCUT2D eigenvalue weighted by atomic mass is 19.1. The van der Waals surface area contributed by atoms with Crippen molar-refractivity contribution in [2.24, 2.45) is 0 Å². The molecule has 1 N–H and O–H groups in total. The van der Waals surface area contributed by atoms with E-state index < -0.39 is 17.9 Å². The smallest absolute Gasteiger partial charge is 0.410 e. The van der Waals surface area contributed by atoms with Crippen LogP contribution in [0.2, 0.25) is 0 Å². The van der Waals surface area contributed by atoms with Gasteiger partial charge in [-0.1, -0.05) is 6.07 Å². The van der Waals surface area contributed by atoms with E-state index in [0.29, 0.717) is 18.7 Å². The van der Waals surface area contributed by atoms with Crippen molar-refractivity contribution in [2.75, 3.05) is 13.2 Å². The predicted octanol–water partition coefficient (Wildman–Crippen LogP) is 1.48. The lowest BCUT2D eigenvalue weighted by Crippen LogP contribution is -2.23. The van der Waals surface area contributed by atoms with Crippen LogP contribution in [-0.4, -0.2) is 35.2 Å². The molecule has 1 aliphatic heterocycles. The van der Waals surface area contributed by atoms with Crippen LogP contribution >= 0.6 is 0 Å². The molecule has 0 bridgehead atoms. The summed E-state index contributed by atoms with van der Waals surface area (Å²) in [6, 6.07) is 3.79. The van der Waals surface area contributed by atoms with Gasteiger partial charge in [-0.2, -0.15) is 0 Å². The second-order valence-electron chi connectivity index (χ2n) is 3.66. The molecule has 0 aliphatic carbocycles. The van der Waals surface area contributed by atoms with Gasteiger partial charge in [0.05, 0.1) is 12.1 Å². The molecule has 1 fully saturated rings. The summed E-state index contributed by atoms with van der Waals surface area (Å²) in [7, 11) is 0. The van der Waals surface area contributed by atoms with Crippen molar-refractivity contribution in [3.05, 3.63) is 35.1 Å². The third-order valence-corrected chi connectivity index (χ3v) is 2.48. The fraction of sp³-hybridized carbons (Fsp3) is 0.273. The van der Waals surface area contributed by atoms with E-state index in [-0.39, 0.29) is 12.1 Å². The molecule has 0 aromatic heterocycles. The summed E-state index contributed by atoms with van der Waals surface area (Å²) in [6.45, 7) is 1.01. The number of carboxylic acid groups (broad SMARTS) is 1. The monoisotopic (exact) mass is 239 g/mol. The fourth-order valence-corrected chi connectivity index (χ4v) is 1.62. The number of carbonyl (C=O) groups is 2. The summed E-state index contributed by atoms with van der Waals surface area (Å²) in [6.07, 6.45) is -0.437. The lowest BCUT2D eigenvalue weighted by Gasteiger charge is -2.12. The van der Waals surface area contributed by atoms with E-state index in [0.717, 1.165) is 6.07 Å². The Labute approximate surface area is 96.4 Å². The van der Waals surface area contributed by atoms with E-state index in [4.69, 9.17) is 9.84 Å². The lowest BCUT2D eigenvalue weighted by atomic mass is 10.1. The number of nitrogens with zero attached hydrogens (tertiary/aromatic N) is 1. The van der Waals surface area contributed by atoms with Gasteiger partial charge in [0, 0.05) is 6.54 Å². The van der Waals surface area contributed by atoms with Crippen LogP contribution in [0.25, 0.3) is 0 Å². The minimum atomic E-state index is -1.31. The van der Waals surface area contributed by atoms with Crippen LogP contribution in [-0.2, 0) is 11.3 Å². The first-order chi connectivity index (χ1) is 8.08. The molecule has 0 saturated carbocycles. The summed E-state index contributed by atoms with van der Waals surface area (Å²) >= 11 is 0. The van der Waals surface area contributed by atoms with Crippen molar-refractivity contribution in [1.82, 2.24) is 4.90 Å². The topological polar surface area (TPSA) is 66.8 Å². The molecule has 0 atom stereocenters. The molecule has 0 radical (unpaired) electrons. The first-order valence-corrected chi connectivity index (χ1v) is 5.01. The van der Waals surface area contributed by atoms with Crippen molar-refractivity contribution in [3.63, 3.8) is 0 Å². The van der Waals surface area contributed by atoms with Crippen LogP contribution in [0.1, 0.15) is 15.9 Å². The Morgan fingerprint density at radius 2 is 2.29 bits per heavy atom. The van der Waals surface area contributed by atoms with Gasteiger partial charge in [-0.3, -0.25) is 0 Å². The molecule has 1 amide bonds. The number of hydrogen-bond acceptors (Lipinski definition) is 3. The van der Waals surface area contributed by atoms with Crippen LogP contribution in [0, 0.1) is 5.82 Å². The number of amides is 1. The van der Waals surface area contributed by atoms with Gasteiger partial charge in [0.1, 0.15) is 12.4 Å². The first kappa shape index (κ1) is 11.4. The van der Waals surface area contributed by atoms with E-state index in [9.17, 15) is 14.0 Å². The Morgan fingerprint density at radius 1 is 1.53 bits per heavy atom. The number of cyclic esters (lactones) is 1. The molecule has 1 aromatic rings. The summed E-state index contributed by atoms with van der Waals surface area (Å²) in [5, 5.41) is 8.66. The van der Waals surface area contributed by atoms with Crippen LogP contribution < -0.4 is 0 Å². The van der Waals surface area contributed by atoms with Gasteiger partial charge in [-0.05, 0) is 17.7 Å². The Morgan fingerprint density at radius 3 is 2.82 bits per heavy atom. The Balaban J connectivity index is 2.15. The second-order valence-corrected chi connectivity index (χ2v) is 3.66. The van der Waals surface area contributed by atoms with Crippen molar-refractivity contribution in [1.29, 1.82) is 0 Å². The molecule has 1 heterocycles. The average molecular weight is 239 g/mol. The molecule has 2 rings (SSSR count). The van der Waals surface area contributed by atoms with E-state index in [1.807, 2.05) is 0 Å². The lowest BCUT2D eigenvalue weighted by molar-refractivity contribution is 0.0691. The molecule has 90 valence electrons. The maximum Gasteiger partial charge on any atom is 0.410 e. The normalized spacial score (nSPS) is 14.9. The molecule has 5 nitrogen and oxygen atoms in total. The zero-order chi connectivity index (χ0) is 12.4. The second kappa shape index (κ2) is 4.40. The van der Waals surface area contributed by atoms with Gasteiger partial charge in [-0.15, -0.1) is 0 Å². The maximum absolute atomic E-state index is 13.4. The number of ether oxygens (including phenoxy) is 1. The van der Waals surface area contributed by atoms with Gasteiger partial charge >= 0.3 is 12.1 Å². The van der Waals surface area contributed by atoms with E-state index in [1.54, 1.807) is 0 Å². The molecule has 1 aliphatic rings. The summed E-state index contributed by atoms with van der Waals surface area (Å²) in [5.74, 6) is -2.11. The van der Waals surface area contributed by atoms with Crippen LogP contribution in [0.3, 0.4) is 0 Å². The Hall–Kier alpha value is -2.11. The van der Waals surface area contributed by atoms with E-state index >= 15 is 0 Å². The van der Waals surface area contributed by atoms with Gasteiger partial charge in [-0.25, -0.2) is 14.0 Å². The summed E-state index contributed by atoms with van der Waals surface area (Å²) in [4.78, 5) is 23.2. The fourth-order valence-electron chi connectivity index (χ4n) is 1.62. The van der Waals surface area contributed by atoms with E-state index in [1.165, 1.54) is 17.0 Å². The molecule has 17 heavy (non-hydrogen) atoms. The van der Waals surface area contributed by atoms with Crippen LogP contribution in [0.5, 0.6) is 0 Å². The molecule has 1 saturated heterocycles. The van der Waals surface area contributed by atoms with Crippen molar-refractivity contribution in [3.8, 4) is 0 Å². The maximum atomic E-state index is 13.4. The Kier molecular flexibility index (Phi) is 2.95. The van der Waals surface area contributed by atoms with Crippen LogP contribution in [0.15, 0.2) is 18.2 Å². The predicted molar refractivity (Wildman–Crippen MR) is 55.1 cm³/mol. The minimum absolute atomic E-state index is 0.218. The molecule has 1 aromatic carbocycles. The van der Waals surface area contributed by atoms with Crippen molar-refractivity contribution in [2.45, 2.75) is 6.54 Å². The van der Waals surface area contributed by atoms with Crippen molar-refractivity contribution < 1.29 is 23.8 Å². The molecular formula is C11H10FNO4. The molecule has 6 heteroatoms. The number of hydrogen-bond donors (Lipinski definition) is 1.